The quantitative estimate of drug-likeness (QED) is 0.519. The van der Waals surface area contributed by atoms with Gasteiger partial charge in [0.1, 0.15) is 0 Å². The number of benzene rings is 1. The molecule has 1 aromatic carbocycles. The molecule has 0 aliphatic heterocycles. The van der Waals surface area contributed by atoms with Crippen LogP contribution in [0.4, 0.5) is 0 Å². The van der Waals surface area contributed by atoms with E-state index in [1.54, 1.807) is 56.6 Å². The lowest BCUT2D eigenvalue weighted by atomic mass is 10.1. The number of carbonyl (C=O) groups is 1. The Balaban J connectivity index is 3.05. The van der Waals surface area contributed by atoms with Crippen LogP contribution in [0, 0.1) is 0 Å². The Bertz CT molecular complexity index is 558. The lowest BCUT2D eigenvalue weighted by Gasteiger charge is -2.17. The topological polar surface area (TPSA) is 48.0 Å². The Hall–Kier alpha value is -2.69. The summed E-state index contributed by atoms with van der Waals surface area (Å²) in [6.45, 7) is 8.22. The number of methoxy groups -OCH3 is 3. The third-order valence-electron chi connectivity index (χ3n) is 3.12. The lowest BCUT2D eigenvalue weighted by molar-refractivity contribution is -0.124. The van der Waals surface area contributed by atoms with Crippen LogP contribution in [0.2, 0.25) is 0 Å². The normalized spacial score (nSPS) is 10.2. The van der Waals surface area contributed by atoms with Gasteiger partial charge in [0.15, 0.2) is 11.5 Å². The third-order valence-corrected chi connectivity index (χ3v) is 3.12. The minimum Gasteiger partial charge on any atom is -0.493 e. The number of ether oxygens (including phenoxy) is 3. The van der Waals surface area contributed by atoms with Gasteiger partial charge in [0, 0.05) is 19.2 Å². The molecule has 0 aliphatic rings. The van der Waals surface area contributed by atoms with Crippen molar-refractivity contribution in [2.24, 2.45) is 0 Å². The smallest absolute Gasteiger partial charge is 0.247 e. The first kappa shape index (κ1) is 18.4. The van der Waals surface area contributed by atoms with E-state index in [0.717, 1.165) is 5.56 Å². The maximum atomic E-state index is 12.2. The molecule has 0 atom stereocenters. The van der Waals surface area contributed by atoms with Crippen LogP contribution in [0.15, 0.2) is 43.5 Å². The minimum absolute atomic E-state index is 0.126. The molecular weight excluding hydrogens is 294 g/mol. The fourth-order valence-electron chi connectivity index (χ4n) is 2.04. The van der Waals surface area contributed by atoms with Crippen molar-refractivity contribution in [1.29, 1.82) is 0 Å². The average molecular weight is 317 g/mol. The van der Waals surface area contributed by atoms with Crippen molar-refractivity contribution in [3.8, 4) is 17.2 Å². The molecule has 5 nitrogen and oxygen atoms in total. The van der Waals surface area contributed by atoms with Crippen molar-refractivity contribution in [3.63, 3.8) is 0 Å². The Kier molecular flexibility index (Phi) is 7.47. The molecule has 0 spiro atoms. The molecule has 124 valence electrons. The van der Waals surface area contributed by atoms with Gasteiger partial charge in [-0.05, 0) is 23.8 Å². The number of rotatable bonds is 9. The molecule has 5 heteroatoms. The summed E-state index contributed by atoms with van der Waals surface area (Å²) in [6, 6.07) is 3.55. The van der Waals surface area contributed by atoms with Gasteiger partial charge in [0.2, 0.25) is 11.7 Å². The molecule has 23 heavy (non-hydrogen) atoms. The van der Waals surface area contributed by atoms with Crippen molar-refractivity contribution in [2.75, 3.05) is 34.4 Å². The van der Waals surface area contributed by atoms with E-state index < -0.39 is 0 Å². The van der Waals surface area contributed by atoms with E-state index in [4.69, 9.17) is 14.2 Å². The second-order valence-electron chi connectivity index (χ2n) is 4.61. The Morgan fingerprint density at radius 1 is 1.04 bits per heavy atom. The van der Waals surface area contributed by atoms with Crippen LogP contribution in [0.1, 0.15) is 5.56 Å². The molecule has 0 radical (unpaired) electrons. The Morgan fingerprint density at radius 2 is 1.57 bits per heavy atom. The number of amides is 1. The molecular formula is C18H23NO4. The Morgan fingerprint density at radius 3 is 1.96 bits per heavy atom. The molecule has 0 saturated heterocycles. The van der Waals surface area contributed by atoms with Crippen LogP contribution in [0.5, 0.6) is 17.2 Å². The van der Waals surface area contributed by atoms with Gasteiger partial charge in [-0.3, -0.25) is 4.79 Å². The van der Waals surface area contributed by atoms with E-state index in [9.17, 15) is 4.79 Å². The first-order chi connectivity index (χ1) is 11.1. The molecule has 0 aromatic heterocycles. The molecule has 0 aliphatic carbocycles. The van der Waals surface area contributed by atoms with E-state index >= 15 is 0 Å². The zero-order valence-electron chi connectivity index (χ0n) is 13.9. The number of hydrogen-bond donors (Lipinski definition) is 0. The largest absolute Gasteiger partial charge is 0.493 e. The van der Waals surface area contributed by atoms with E-state index in [1.807, 2.05) is 0 Å². The van der Waals surface area contributed by atoms with Gasteiger partial charge >= 0.3 is 0 Å². The summed E-state index contributed by atoms with van der Waals surface area (Å²) >= 11 is 0. The zero-order chi connectivity index (χ0) is 17.2. The molecule has 1 rings (SSSR count). The standard InChI is InChI=1S/C18H23NO4/c1-6-10-19(11-7-2)17(20)9-8-14-12-15(21-3)18(23-5)16(13-14)22-4/h6-9,12-13H,1-2,10-11H2,3-5H3/b9-8+. The Labute approximate surface area is 137 Å². The predicted octanol–water partition coefficient (Wildman–Crippen LogP) is 2.93. The van der Waals surface area contributed by atoms with Crippen molar-refractivity contribution in [2.45, 2.75) is 0 Å². The zero-order valence-corrected chi connectivity index (χ0v) is 13.9. The summed E-state index contributed by atoms with van der Waals surface area (Å²) in [5.74, 6) is 1.46. The van der Waals surface area contributed by atoms with Gasteiger partial charge in [-0.15, -0.1) is 13.2 Å². The van der Waals surface area contributed by atoms with Crippen LogP contribution < -0.4 is 14.2 Å². The van der Waals surface area contributed by atoms with E-state index in [1.165, 1.54) is 6.08 Å². The first-order valence-corrected chi connectivity index (χ1v) is 7.10. The van der Waals surface area contributed by atoms with Crippen molar-refractivity contribution >= 4 is 12.0 Å². The monoisotopic (exact) mass is 317 g/mol. The summed E-state index contributed by atoms with van der Waals surface area (Å²) in [7, 11) is 4.64. The number of nitrogens with zero attached hydrogens (tertiary/aromatic N) is 1. The molecule has 1 aromatic rings. The van der Waals surface area contributed by atoms with Gasteiger partial charge in [0.05, 0.1) is 21.3 Å². The molecule has 0 bridgehead atoms. The van der Waals surface area contributed by atoms with Crippen molar-refractivity contribution < 1.29 is 19.0 Å². The highest BCUT2D eigenvalue weighted by atomic mass is 16.5. The molecule has 0 unspecified atom stereocenters. The number of carbonyl (C=O) groups excluding carboxylic acids is 1. The molecule has 0 fully saturated rings. The van der Waals surface area contributed by atoms with E-state index in [0.29, 0.717) is 30.3 Å². The highest BCUT2D eigenvalue weighted by Gasteiger charge is 2.12. The van der Waals surface area contributed by atoms with Gasteiger partial charge in [-0.25, -0.2) is 0 Å². The second-order valence-corrected chi connectivity index (χ2v) is 4.61. The van der Waals surface area contributed by atoms with E-state index in [2.05, 4.69) is 13.2 Å². The van der Waals surface area contributed by atoms with Gasteiger partial charge in [-0.1, -0.05) is 12.2 Å². The molecule has 0 saturated carbocycles. The van der Waals surface area contributed by atoms with Crippen molar-refractivity contribution in [1.82, 2.24) is 4.90 Å². The fourth-order valence-corrected chi connectivity index (χ4v) is 2.04. The van der Waals surface area contributed by atoms with Crippen LogP contribution in [-0.2, 0) is 4.79 Å². The minimum atomic E-state index is -0.126. The lowest BCUT2D eigenvalue weighted by Crippen LogP contribution is -2.29. The first-order valence-electron chi connectivity index (χ1n) is 7.10. The highest BCUT2D eigenvalue weighted by Crippen LogP contribution is 2.38. The molecule has 0 heterocycles. The van der Waals surface area contributed by atoms with Crippen LogP contribution in [-0.4, -0.2) is 45.2 Å². The van der Waals surface area contributed by atoms with Crippen LogP contribution >= 0.6 is 0 Å². The fraction of sp³-hybridized carbons (Fsp3) is 0.278. The second kappa shape index (κ2) is 9.35. The summed E-state index contributed by atoms with van der Waals surface area (Å²) in [4.78, 5) is 13.8. The van der Waals surface area contributed by atoms with Gasteiger partial charge < -0.3 is 19.1 Å². The summed E-state index contributed by atoms with van der Waals surface area (Å²) < 4.78 is 15.8. The average Bonchev–Trinajstić information content (AvgIpc) is 2.58. The highest BCUT2D eigenvalue weighted by molar-refractivity contribution is 5.92. The predicted molar refractivity (Wildman–Crippen MR) is 92.1 cm³/mol. The summed E-state index contributed by atoms with van der Waals surface area (Å²) in [5, 5.41) is 0. The number of hydrogen-bond acceptors (Lipinski definition) is 4. The summed E-state index contributed by atoms with van der Waals surface area (Å²) in [6.07, 6.45) is 6.54. The van der Waals surface area contributed by atoms with Gasteiger partial charge in [0.25, 0.3) is 0 Å². The third kappa shape index (κ3) is 4.92. The maximum absolute atomic E-state index is 12.2. The summed E-state index contributed by atoms with van der Waals surface area (Å²) in [5.41, 5.74) is 0.769. The van der Waals surface area contributed by atoms with Crippen LogP contribution in [0.3, 0.4) is 0 Å². The molecule has 0 N–H and O–H groups in total. The maximum Gasteiger partial charge on any atom is 0.247 e. The van der Waals surface area contributed by atoms with E-state index in [-0.39, 0.29) is 5.91 Å². The van der Waals surface area contributed by atoms with Gasteiger partial charge in [-0.2, -0.15) is 0 Å². The van der Waals surface area contributed by atoms with Crippen LogP contribution in [0.25, 0.3) is 6.08 Å². The molecule has 1 amide bonds. The van der Waals surface area contributed by atoms with Crippen molar-refractivity contribution in [3.05, 3.63) is 49.1 Å². The SMILES string of the molecule is C=CCN(CC=C)C(=O)/C=C/c1cc(OC)c(OC)c(OC)c1.